The van der Waals surface area contributed by atoms with Crippen LogP contribution in [0.3, 0.4) is 0 Å². The number of rotatable bonds is 4. The molecule has 2 aliphatic heterocycles. The van der Waals surface area contributed by atoms with Gasteiger partial charge >= 0.3 is 0 Å². The van der Waals surface area contributed by atoms with Gasteiger partial charge < -0.3 is 18.6 Å². The molecule has 21 heavy (non-hydrogen) atoms. The summed E-state index contributed by atoms with van der Waals surface area (Å²) >= 11 is 0. The third-order valence-electron chi connectivity index (χ3n) is 4.72. The van der Waals surface area contributed by atoms with Gasteiger partial charge in [0, 0.05) is 0 Å². The first-order valence-corrected chi connectivity index (χ1v) is 10.7. The minimum absolute atomic E-state index is 0.0391. The molecule has 0 radical (unpaired) electrons. The highest BCUT2D eigenvalue weighted by Crippen LogP contribution is 2.44. The molecule has 2 saturated heterocycles. The Balaban J connectivity index is 2.18. The van der Waals surface area contributed by atoms with E-state index in [1.165, 1.54) is 0 Å². The molecule has 0 aliphatic carbocycles. The molecule has 2 aliphatic rings. The molecule has 122 valence electrons. The van der Waals surface area contributed by atoms with Crippen molar-refractivity contribution >= 4 is 8.32 Å². The van der Waals surface area contributed by atoms with Crippen LogP contribution in [0, 0.1) is 0 Å². The van der Waals surface area contributed by atoms with Crippen molar-refractivity contribution < 1.29 is 18.6 Å². The maximum atomic E-state index is 6.60. The van der Waals surface area contributed by atoms with Crippen molar-refractivity contribution in [2.24, 2.45) is 0 Å². The predicted molar refractivity (Wildman–Crippen MR) is 85.6 cm³/mol. The second kappa shape index (κ2) is 5.46. The lowest BCUT2D eigenvalue weighted by Crippen LogP contribution is -2.49. The van der Waals surface area contributed by atoms with Crippen LogP contribution in [0.1, 0.15) is 41.0 Å². The lowest BCUT2D eigenvalue weighted by Gasteiger charge is -2.40. The Morgan fingerprint density at radius 2 is 1.86 bits per heavy atom. The van der Waals surface area contributed by atoms with Gasteiger partial charge in [0.1, 0.15) is 12.2 Å². The van der Waals surface area contributed by atoms with Gasteiger partial charge in [0.25, 0.3) is 0 Å². The summed E-state index contributed by atoms with van der Waals surface area (Å²) in [6.07, 6.45) is 2.01. The van der Waals surface area contributed by atoms with Crippen LogP contribution in [0.2, 0.25) is 18.1 Å². The first-order valence-electron chi connectivity index (χ1n) is 7.77. The van der Waals surface area contributed by atoms with Crippen LogP contribution in [-0.2, 0) is 18.6 Å². The van der Waals surface area contributed by atoms with Crippen LogP contribution in [0.4, 0.5) is 0 Å². The Morgan fingerprint density at radius 3 is 2.38 bits per heavy atom. The van der Waals surface area contributed by atoms with Crippen LogP contribution in [0.15, 0.2) is 12.7 Å². The zero-order valence-corrected chi connectivity index (χ0v) is 15.4. The fourth-order valence-corrected chi connectivity index (χ4v) is 3.88. The van der Waals surface area contributed by atoms with Gasteiger partial charge in [-0.3, -0.25) is 0 Å². The molecule has 0 spiro atoms. The Morgan fingerprint density at radius 1 is 1.24 bits per heavy atom. The minimum Gasteiger partial charge on any atom is -0.408 e. The summed E-state index contributed by atoms with van der Waals surface area (Å²) in [6, 6.07) is 0. The largest absolute Gasteiger partial charge is 0.408 e. The average Bonchev–Trinajstić information content (AvgIpc) is 2.72. The van der Waals surface area contributed by atoms with Crippen molar-refractivity contribution in [3.63, 3.8) is 0 Å². The van der Waals surface area contributed by atoms with E-state index >= 15 is 0 Å². The number of fused-ring (bicyclic) bond motifs is 1. The Bertz CT molecular complexity index is 400. The van der Waals surface area contributed by atoms with Gasteiger partial charge in [0.15, 0.2) is 20.4 Å². The molecule has 0 aromatic rings. The molecule has 0 aromatic carbocycles. The van der Waals surface area contributed by atoms with Crippen LogP contribution in [-0.4, -0.2) is 38.7 Å². The van der Waals surface area contributed by atoms with Crippen molar-refractivity contribution in [2.45, 2.75) is 89.6 Å². The quantitative estimate of drug-likeness (QED) is 0.584. The van der Waals surface area contributed by atoms with Gasteiger partial charge in [-0.05, 0) is 38.4 Å². The normalized spacial score (nSPS) is 35.8. The maximum Gasteiger partial charge on any atom is 0.192 e. The molecule has 0 aromatic heterocycles. The Labute approximate surface area is 129 Å². The smallest absolute Gasteiger partial charge is 0.192 e. The number of hydrogen-bond acceptors (Lipinski definition) is 4. The highest BCUT2D eigenvalue weighted by atomic mass is 28.4. The molecule has 0 amide bonds. The molecule has 2 rings (SSSR count). The molecular weight excluding hydrogens is 284 g/mol. The summed E-state index contributed by atoms with van der Waals surface area (Å²) in [4.78, 5) is 0. The molecule has 4 atom stereocenters. The van der Waals surface area contributed by atoms with Gasteiger partial charge in [0.2, 0.25) is 0 Å². The van der Waals surface area contributed by atoms with Crippen LogP contribution in [0.5, 0.6) is 0 Å². The third-order valence-corrected chi connectivity index (χ3v) is 9.20. The summed E-state index contributed by atoms with van der Waals surface area (Å²) in [6.45, 7) is 18.9. The van der Waals surface area contributed by atoms with E-state index in [0.717, 1.165) is 6.42 Å². The van der Waals surface area contributed by atoms with Gasteiger partial charge in [0.05, 0.1) is 6.10 Å². The van der Waals surface area contributed by atoms with Gasteiger partial charge in [-0.2, -0.15) is 0 Å². The highest BCUT2D eigenvalue weighted by Gasteiger charge is 2.56. The van der Waals surface area contributed by atoms with E-state index in [1.807, 2.05) is 19.9 Å². The molecule has 2 heterocycles. The first-order chi connectivity index (χ1) is 9.47. The monoisotopic (exact) mass is 314 g/mol. The third kappa shape index (κ3) is 3.42. The summed E-state index contributed by atoms with van der Waals surface area (Å²) in [5, 5.41) is 0.152. The van der Waals surface area contributed by atoms with Gasteiger partial charge in [-0.25, -0.2) is 0 Å². The first kappa shape index (κ1) is 17.2. The van der Waals surface area contributed by atoms with Crippen molar-refractivity contribution in [2.75, 3.05) is 0 Å². The lowest BCUT2D eigenvalue weighted by molar-refractivity contribution is -0.213. The lowest BCUT2D eigenvalue weighted by atomic mass is 10.1. The summed E-state index contributed by atoms with van der Waals surface area (Å²) < 4.78 is 24.5. The van der Waals surface area contributed by atoms with Crippen molar-refractivity contribution in [3.05, 3.63) is 12.7 Å². The fourth-order valence-electron chi connectivity index (χ4n) is 2.56. The van der Waals surface area contributed by atoms with Crippen molar-refractivity contribution in [3.8, 4) is 0 Å². The zero-order valence-electron chi connectivity index (χ0n) is 14.4. The molecule has 0 bridgehead atoms. The van der Waals surface area contributed by atoms with Crippen LogP contribution >= 0.6 is 0 Å². The summed E-state index contributed by atoms with van der Waals surface area (Å²) in [5.41, 5.74) is 0. The van der Waals surface area contributed by atoms with E-state index in [9.17, 15) is 0 Å². The molecule has 5 heteroatoms. The van der Waals surface area contributed by atoms with E-state index in [0.29, 0.717) is 0 Å². The second-order valence-corrected chi connectivity index (χ2v) is 12.8. The predicted octanol–water partition coefficient (Wildman–Crippen LogP) is 3.83. The fraction of sp³-hybridized carbons (Fsp3) is 0.875. The number of hydrogen-bond donors (Lipinski definition) is 0. The molecule has 0 saturated carbocycles. The second-order valence-electron chi connectivity index (χ2n) is 8.01. The number of ether oxygens (including phenoxy) is 3. The van der Waals surface area contributed by atoms with Crippen molar-refractivity contribution in [1.82, 2.24) is 0 Å². The maximum absolute atomic E-state index is 6.60. The standard InChI is InChI=1S/C16H30O4Si/c1-9-10-11-12(20-21(7,8)15(2,3)4)13-14(17-11)19-16(5,6)18-13/h9,11-14H,1,10H2,2-8H3/t11-,12+,13-,14-/m1/s1. The van der Waals surface area contributed by atoms with E-state index in [1.54, 1.807) is 0 Å². The van der Waals surface area contributed by atoms with Gasteiger partial charge in [-0.15, -0.1) is 6.58 Å². The van der Waals surface area contributed by atoms with E-state index < -0.39 is 14.1 Å². The summed E-state index contributed by atoms with van der Waals surface area (Å²) in [7, 11) is -1.90. The summed E-state index contributed by atoms with van der Waals surface area (Å²) in [5.74, 6) is -0.608. The molecular formula is C16H30O4Si. The van der Waals surface area contributed by atoms with Crippen molar-refractivity contribution in [1.29, 1.82) is 0 Å². The highest BCUT2D eigenvalue weighted by molar-refractivity contribution is 6.74. The molecule has 4 nitrogen and oxygen atoms in total. The Kier molecular flexibility index (Phi) is 4.46. The minimum atomic E-state index is -1.90. The van der Waals surface area contributed by atoms with Gasteiger partial charge in [-0.1, -0.05) is 26.8 Å². The average molecular weight is 314 g/mol. The molecule has 0 N–H and O–H groups in total. The van der Waals surface area contributed by atoms with Crippen LogP contribution in [0.25, 0.3) is 0 Å². The SMILES string of the molecule is C=CC[C@H]1O[C@@H]2OC(C)(C)O[C@@H]2[C@H]1O[Si](C)(C)C(C)(C)C. The topological polar surface area (TPSA) is 36.9 Å². The Hall–Kier alpha value is -0.203. The zero-order chi connectivity index (χ0) is 16.1. The van der Waals surface area contributed by atoms with E-state index in [-0.39, 0.29) is 29.6 Å². The van der Waals surface area contributed by atoms with E-state index in [4.69, 9.17) is 18.6 Å². The van der Waals surface area contributed by atoms with E-state index in [2.05, 4.69) is 40.4 Å². The van der Waals surface area contributed by atoms with Crippen LogP contribution < -0.4 is 0 Å². The molecule has 0 unspecified atom stereocenters. The molecule has 2 fully saturated rings.